The van der Waals surface area contributed by atoms with Crippen LogP contribution in [0.4, 0.5) is 0 Å². The van der Waals surface area contributed by atoms with Gasteiger partial charge in [-0.15, -0.1) is 9.24 Å². The summed E-state index contributed by atoms with van der Waals surface area (Å²) in [5.41, 5.74) is 0. The fourth-order valence-corrected chi connectivity index (χ4v) is 0.340. The predicted octanol–water partition coefficient (Wildman–Crippen LogP) is 3.14. The maximum absolute atomic E-state index is 3.54. The summed E-state index contributed by atoms with van der Waals surface area (Å²) in [4.78, 5) is 0. The van der Waals surface area contributed by atoms with Crippen LogP contribution in [-0.2, 0) is 0 Å². The summed E-state index contributed by atoms with van der Waals surface area (Å²) in [6.07, 6.45) is 5.36. The van der Waals surface area contributed by atoms with Crippen LogP contribution in [0, 0.1) is 0 Å². The van der Waals surface area contributed by atoms with Crippen LogP contribution < -0.4 is 0 Å². The zero-order valence-corrected chi connectivity index (χ0v) is 7.38. The number of hydrogen-bond acceptors (Lipinski definition) is 0. The van der Waals surface area contributed by atoms with Crippen molar-refractivity contribution in [3.8, 4) is 0 Å². The standard InChI is InChI=1S/C6H9P.C2H6/c1-3-5-6(7)4-2;1-2/h3-5H,1-2,7H2;1-2H3/b6-5+;. The van der Waals surface area contributed by atoms with E-state index in [-0.39, 0.29) is 0 Å². The van der Waals surface area contributed by atoms with Gasteiger partial charge in [0.25, 0.3) is 0 Å². The maximum Gasteiger partial charge on any atom is -0.0309 e. The van der Waals surface area contributed by atoms with E-state index < -0.39 is 0 Å². The number of rotatable bonds is 2. The van der Waals surface area contributed by atoms with Crippen LogP contribution in [0.5, 0.6) is 0 Å². The molecule has 0 aliphatic rings. The van der Waals surface area contributed by atoms with Gasteiger partial charge in [-0.25, -0.2) is 0 Å². The van der Waals surface area contributed by atoms with Crippen molar-refractivity contribution in [2.75, 3.05) is 0 Å². The second-order valence-electron chi connectivity index (χ2n) is 1.11. The lowest BCUT2D eigenvalue weighted by atomic mass is 10.5. The minimum Gasteiger partial charge on any atom is -0.106 e. The summed E-state index contributed by atoms with van der Waals surface area (Å²) in [6.45, 7) is 11.1. The fourth-order valence-electron chi connectivity index (χ4n) is 0.204. The molecule has 0 nitrogen and oxygen atoms in total. The first-order valence-electron chi connectivity index (χ1n) is 3.02. The van der Waals surface area contributed by atoms with Gasteiger partial charge < -0.3 is 0 Å². The van der Waals surface area contributed by atoms with Crippen LogP contribution in [0.25, 0.3) is 0 Å². The van der Waals surface area contributed by atoms with E-state index in [1.807, 2.05) is 19.9 Å². The van der Waals surface area contributed by atoms with Gasteiger partial charge in [-0.3, -0.25) is 0 Å². The molecule has 0 aliphatic heterocycles. The first kappa shape index (κ1) is 11.4. The van der Waals surface area contributed by atoms with Crippen molar-refractivity contribution < 1.29 is 0 Å². The highest BCUT2D eigenvalue weighted by Gasteiger charge is 1.69. The van der Waals surface area contributed by atoms with Crippen molar-refractivity contribution in [2.45, 2.75) is 13.8 Å². The molecule has 0 N–H and O–H groups in total. The molecule has 1 heteroatoms. The quantitative estimate of drug-likeness (QED) is 0.410. The van der Waals surface area contributed by atoms with E-state index in [1.54, 1.807) is 12.2 Å². The Hall–Kier alpha value is -0.350. The molecule has 1 atom stereocenters. The minimum atomic E-state index is 1.06. The molecule has 0 aromatic heterocycles. The van der Waals surface area contributed by atoms with Crippen LogP contribution in [0.2, 0.25) is 0 Å². The third kappa shape index (κ3) is 11.3. The van der Waals surface area contributed by atoms with Crippen molar-refractivity contribution in [1.29, 1.82) is 0 Å². The van der Waals surface area contributed by atoms with E-state index >= 15 is 0 Å². The molecule has 0 bridgehead atoms. The first-order chi connectivity index (χ1) is 4.31. The molecule has 0 saturated carbocycles. The lowest BCUT2D eigenvalue weighted by Crippen LogP contribution is -1.52. The molecule has 0 aromatic carbocycles. The van der Waals surface area contributed by atoms with Crippen molar-refractivity contribution in [3.05, 3.63) is 36.7 Å². The predicted molar refractivity (Wildman–Crippen MR) is 49.5 cm³/mol. The Morgan fingerprint density at radius 2 is 1.78 bits per heavy atom. The average molecular weight is 142 g/mol. The zero-order chi connectivity index (χ0) is 7.70. The maximum atomic E-state index is 3.54. The molecular formula is C8H15P. The Kier molecular flexibility index (Phi) is 13.5. The Morgan fingerprint density at radius 1 is 1.33 bits per heavy atom. The van der Waals surface area contributed by atoms with Gasteiger partial charge in [-0.05, 0) is 5.31 Å². The zero-order valence-electron chi connectivity index (χ0n) is 6.22. The van der Waals surface area contributed by atoms with Gasteiger partial charge in [0.1, 0.15) is 0 Å². The van der Waals surface area contributed by atoms with Crippen LogP contribution >= 0.6 is 9.24 Å². The van der Waals surface area contributed by atoms with E-state index in [0.717, 1.165) is 5.31 Å². The van der Waals surface area contributed by atoms with Crippen molar-refractivity contribution in [1.82, 2.24) is 0 Å². The van der Waals surface area contributed by atoms with Gasteiger partial charge in [0.2, 0.25) is 0 Å². The molecule has 1 unspecified atom stereocenters. The van der Waals surface area contributed by atoms with Crippen LogP contribution in [0.15, 0.2) is 36.7 Å². The summed E-state index contributed by atoms with van der Waals surface area (Å²) in [5, 5.41) is 1.06. The molecule has 9 heavy (non-hydrogen) atoms. The molecule has 0 aliphatic carbocycles. The van der Waals surface area contributed by atoms with Crippen molar-refractivity contribution in [2.24, 2.45) is 0 Å². The van der Waals surface area contributed by atoms with Gasteiger partial charge in [0.15, 0.2) is 0 Å². The molecular weight excluding hydrogens is 127 g/mol. The number of hydrogen-bond donors (Lipinski definition) is 0. The van der Waals surface area contributed by atoms with Gasteiger partial charge in [0, 0.05) is 0 Å². The normalized spacial score (nSPS) is 9.00. The molecule has 0 amide bonds. The fraction of sp³-hybridized carbons (Fsp3) is 0.250. The minimum absolute atomic E-state index is 1.06. The van der Waals surface area contributed by atoms with E-state index in [2.05, 4.69) is 22.4 Å². The average Bonchev–Trinajstić information content (AvgIpc) is 1.93. The second-order valence-corrected chi connectivity index (χ2v) is 1.77. The Labute approximate surface area is 60.6 Å². The van der Waals surface area contributed by atoms with Gasteiger partial charge >= 0.3 is 0 Å². The Bertz CT molecular complexity index is 101. The molecule has 0 rings (SSSR count). The van der Waals surface area contributed by atoms with Crippen molar-refractivity contribution in [3.63, 3.8) is 0 Å². The lowest BCUT2D eigenvalue weighted by molar-refractivity contribution is 1.50. The second kappa shape index (κ2) is 10.6. The summed E-state index contributed by atoms with van der Waals surface area (Å²) < 4.78 is 0. The molecule has 52 valence electrons. The van der Waals surface area contributed by atoms with Crippen LogP contribution in [0.3, 0.4) is 0 Å². The van der Waals surface area contributed by atoms with Crippen molar-refractivity contribution >= 4 is 9.24 Å². The van der Waals surface area contributed by atoms with Gasteiger partial charge in [-0.2, -0.15) is 0 Å². The SMILES string of the molecule is C=C/C=C(/P)C=C.CC. The van der Waals surface area contributed by atoms with E-state index in [0.29, 0.717) is 0 Å². The Balaban J connectivity index is 0. The summed E-state index contributed by atoms with van der Waals surface area (Å²) in [6, 6.07) is 0. The highest BCUT2D eigenvalue weighted by molar-refractivity contribution is 7.22. The summed E-state index contributed by atoms with van der Waals surface area (Å²) in [5.74, 6) is 0. The molecule has 0 aromatic rings. The molecule has 0 spiro atoms. The number of allylic oxidation sites excluding steroid dienone is 4. The van der Waals surface area contributed by atoms with E-state index in [1.165, 1.54) is 0 Å². The molecule has 0 radical (unpaired) electrons. The largest absolute Gasteiger partial charge is 0.106 e. The molecule has 0 saturated heterocycles. The third-order valence-electron chi connectivity index (χ3n) is 0.546. The topological polar surface area (TPSA) is 0 Å². The highest BCUT2D eigenvalue weighted by Crippen LogP contribution is 2.03. The molecule has 0 heterocycles. The van der Waals surface area contributed by atoms with Crippen LogP contribution in [-0.4, -0.2) is 0 Å². The monoisotopic (exact) mass is 142 g/mol. The van der Waals surface area contributed by atoms with Crippen LogP contribution in [0.1, 0.15) is 13.8 Å². The summed E-state index contributed by atoms with van der Waals surface area (Å²) in [7, 11) is 2.53. The smallest absolute Gasteiger partial charge is 0.0309 e. The van der Waals surface area contributed by atoms with E-state index in [4.69, 9.17) is 0 Å². The third-order valence-corrected chi connectivity index (χ3v) is 0.974. The van der Waals surface area contributed by atoms with E-state index in [9.17, 15) is 0 Å². The summed E-state index contributed by atoms with van der Waals surface area (Å²) >= 11 is 0. The first-order valence-corrected chi connectivity index (χ1v) is 3.59. The van der Waals surface area contributed by atoms with Gasteiger partial charge in [-0.1, -0.05) is 45.2 Å². The highest BCUT2D eigenvalue weighted by atomic mass is 31.0. The van der Waals surface area contributed by atoms with Gasteiger partial charge in [0.05, 0.1) is 0 Å². The lowest BCUT2D eigenvalue weighted by Gasteiger charge is -1.80. The Morgan fingerprint density at radius 3 is 1.89 bits per heavy atom. The molecule has 0 fully saturated rings.